The maximum absolute atomic E-state index is 13.5. The molecule has 1 fully saturated rings. The smallest absolute Gasteiger partial charge is 0.421 e. The first-order valence-electron chi connectivity index (χ1n) is 9.96. The molecule has 8 heteroatoms. The van der Waals surface area contributed by atoms with Crippen LogP contribution in [0, 0.1) is 0 Å². The van der Waals surface area contributed by atoms with E-state index in [0.717, 1.165) is 44.7 Å². The van der Waals surface area contributed by atoms with E-state index in [2.05, 4.69) is 16.9 Å². The molecule has 0 saturated heterocycles. The van der Waals surface area contributed by atoms with Crippen LogP contribution in [0.1, 0.15) is 51.0 Å². The third-order valence-corrected chi connectivity index (χ3v) is 4.93. The number of rotatable bonds is 8. The molecule has 0 spiro atoms. The largest absolute Gasteiger partial charge is 0.494 e. The van der Waals surface area contributed by atoms with Gasteiger partial charge in [0.05, 0.1) is 6.61 Å². The van der Waals surface area contributed by atoms with E-state index in [9.17, 15) is 13.2 Å². The summed E-state index contributed by atoms with van der Waals surface area (Å²) in [5.74, 6) is 0.444. The molecule has 1 aromatic carbocycles. The summed E-state index contributed by atoms with van der Waals surface area (Å²) in [6.45, 7) is 2.68. The van der Waals surface area contributed by atoms with Crippen molar-refractivity contribution in [2.24, 2.45) is 0 Å². The quantitative estimate of drug-likeness (QED) is 0.519. The minimum Gasteiger partial charge on any atom is -0.494 e. The summed E-state index contributed by atoms with van der Waals surface area (Å²) in [6, 6.07) is 6.88. The highest BCUT2D eigenvalue weighted by molar-refractivity contribution is 5.63. The first-order valence-corrected chi connectivity index (χ1v) is 9.96. The van der Waals surface area contributed by atoms with E-state index in [1.807, 2.05) is 0 Å². The molecule has 5 nitrogen and oxygen atoms in total. The molecule has 0 atom stereocenters. The Hall–Kier alpha value is -2.51. The third kappa shape index (κ3) is 5.52. The Labute approximate surface area is 168 Å². The van der Waals surface area contributed by atoms with Gasteiger partial charge in [-0.15, -0.1) is 0 Å². The van der Waals surface area contributed by atoms with Crippen LogP contribution in [0.3, 0.4) is 0 Å². The van der Waals surface area contributed by atoms with Crippen LogP contribution in [0.15, 0.2) is 30.5 Å². The van der Waals surface area contributed by atoms with E-state index in [0.29, 0.717) is 18.0 Å². The SMILES string of the molecule is CCCCOc1ccc(N(C)c2nc(OC3CCCC3)ncc2C(F)(F)F)cc1. The molecule has 0 amide bonds. The summed E-state index contributed by atoms with van der Waals surface area (Å²) < 4.78 is 51.9. The number of nitrogens with zero attached hydrogens (tertiary/aromatic N) is 3. The molecule has 0 radical (unpaired) electrons. The van der Waals surface area contributed by atoms with Gasteiger partial charge < -0.3 is 14.4 Å². The molecular formula is C21H26F3N3O2. The predicted octanol–water partition coefficient (Wildman–Crippen LogP) is 5.76. The molecule has 1 aliphatic carbocycles. The fraction of sp³-hybridized carbons (Fsp3) is 0.524. The fourth-order valence-electron chi connectivity index (χ4n) is 3.25. The fourth-order valence-corrected chi connectivity index (χ4v) is 3.25. The number of ether oxygens (including phenoxy) is 2. The average Bonchev–Trinajstić information content (AvgIpc) is 3.20. The molecule has 0 bridgehead atoms. The van der Waals surface area contributed by atoms with Crippen LogP contribution < -0.4 is 14.4 Å². The number of hydrogen-bond donors (Lipinski definition) is 0. The lowest BCUT2D eigenvalue weighted by Crippen LogP contribution is -2.20. The lowest BCUT2D eigenvalue weighted by atomic mass is 10.2. The van der Waals surface area contributed by atoms with E-state index in [4.69, 9.17) is 9.47 Å². The van der Waals surface area contributed by atoms with Crippen molar-refractivity contribution in [1.29, 1.82) is 0 Å². The van der Waals surface area contributed by atoms with Crippen molar-refractivity contribution in [3.8, 4) is 11.8 Å². The molecule has 1 aliphatic rings. The average molecular weight is 409 g/mol. The maximum Gasteiger partial charge on any atom is 0.421 e. The summed E-state index contributed by atoms with van der Waals surface area (Å²) in [4.78, 5) is 9.30. The second-order valence-corrected chi connectivity index (χ2v) is 7.17. The number of benzene rings is 1. The molecule has 0 aliphatic heterocycles. The second-order valence-electron chi connectivity index (χ2n) is 7.17. The number of aromatic nitrogens is 2. The Bertz CT molecular complexity index is 791. The van der Waals surface area contributed by atoms with Crippen molar-refractivity contribution in [2.75, 3.05) is 18.6 Å². The van der Waals surface area contributed by atoms with Gasteiger partial charge in [0.2, 0.25) is 0 Å². The third-order valence-electron chi connectivity index (χ3n) is 4.93. The number of anilines is 2. The van der Waals surface area contributed by atoms with Crippen LogP contribution in [0.5, 0.6) is 11.8 Å². The zero-order chi connectivity index (χ0) is 20.9. The van der Waals surface area contributed by atoms with Gasteiger partial charge in [-0.05, 0) is 56.4 Å². The van der Waals surface area contributed by atoms with Crippen molar-refractivity contribution < 1.29 is 22.6 Å². The molecule has 29 heavy (non-hydrogen) atoms. The van der Waals surface area contributed by atoms with Gasteiger partial charge >= 0.3 is 12.2 Å². The van der Waals surface area contributed by atoms with Crippen molar-refractivity contribution in [2.45, 2.75) is 57.7 Å². The van der Waals surface area contributed by atoms with Crippen molar-refractivity contribution >= 4 is 11.5 Å². The number of hydrogen-bond acceptors (Lipinski definition) is 5. The van der Waals surface area contributed by atoms with E-state index >= 15 is 0 Å². The monoisotopic (exact) mass is 409 g/mol. The summed E-state index contributed by atoms with van der Waals surface area (Å²) in [5, 5.41) is 0. The Morgan fingerprint density at radius 3 is 2.45 bits per heavy atom. The van der Waals surface area contributed by atoms with Crippen LogP contribution in [-0.4, -0.2) is 29.7 Å². The number of halogens is 3. The zero-order valence-corrected chi connectivity index (χ0v) is 16.7. The molecule has 1 heterocycles. The highest BCUT2D eigenvalue weighted by atomic mass is 19.4. The first kappa shape index (κ1) is 21.2. The zero-order valence-electron chi connectivity index (χ0n) is 16.7. The molecule has 1 saturated carbocycles. The summed E-state index contributed by atoms with van der Waals surface area (Å²) in [7, 11) is 1.55. The Balaban J connectivity index is 1.83. The maximum atomic E-state index is 13.5. The summed E-state index contributed by atoms with van der Waals surface area (Å²) in [6.07, 6.45) is 2.00. The summed E-state index contributed by atoms with van der Waals surface area (Å²) >= 11 is 0. The van der Waals surface area contributed by atoms with E-state index < -0.39 is 11.7 Å². The van der Waals surface area contributed by atoms with Gasteiger partial charge in [-0.3, -0.25) is 0 Å². The first-order chi connectivity index (χ1) is 13.9. The van der Waals surface area contributed by atoms with Crippen LogP contribution in [0.25, 0.3) is 0 Å². The standard InChI is InChI=1S/C21H26F3N3O2/c1-3-4-13-28-16-11-9-15(10-12-16)27(2)19-18(21(22,23)24)14-25-20(26-19)29-17-7-5-6-8-17/h9-12,14,17H,3-8,13H2,1-2H3. The number of unbranched alkanes of at least 4 members (excludes halogenated alkanes) is 1. The van der Waals surface area contributed by atoms with Gasteiger partial charge in [-0.1, -0.05) is 13.3 Å². The second kappa shape index (κ2) is 9.33. The van der Waals surface area contributed by atoms with Crippen LogP contribution in [0.2, 0.25) is 0 Å². The van der Waals surface area contributed by atoms with Gasteiger partial charge in [0.25, 0.3) is 0 Å². The van der Waals surface area contributed by atoms with Gasteiger partial charge in [0.15, 0.2) is 5.82 Å². The van der Waals surface area contributed by atoms with Crippen molar-refractivity contribution in [3.63, 3.8) is 0 Å². The van der Waals surface area contributed by atoms with Gasteiger partial charge in [0.1, 0.15) is 17.4 Å². The molecular weight excluding hydrogens is 383 g/mol. The molecule has 2 aromatic rings. The van der Waals surface area contributed by atoms with E-state index in [1.165, 1.54) is 4.90 Å². The minimum absolute atomic E-state index is 0.0220. The Morgan fingerprint density at radius 2 is 1.83 bits per heavy atom. The number of alkyl halides is 3. The van der Waals surface area contributed by atoms with Gasteiger partial charge in [0, 0.05) is 18.9 Å². The highest BCUT2D eigenvalue weighted by Gasteiger charge is 2.37. The van der Waals surface area contributed by atoms with E-state index in [1.54, 1.807) is 31.3 Å². The van der Waals surface area contributed by atoms with Crippen LogP contribution >= 0.6 is 0 Å². The normalized spacial score (nSPS) is 14.8. The molecule has 158 valence electrons. The minimum atomic E-state index is -4.57. The lowest BCUT2D eigenvalue weighted by Gasteiger charge is -2.23. The predicted molar refractivity (Wildman–Crippen MR) is 105 cm³/mol. The van der Waals surface area contributed by atoms with Gasteiger partial charge in [-0.2, -0.15) is 18.2 Å². The van der Waals surface area contributed by atoms with Crippen LogP contribution in [0.4, 0.5) is 24.7 Å². The Morgan fingerprint density at radius 1 is 1.14 bits per heavy atom. The molecule has 1 aromatic heterocycles. The molecule has 0 N–H and O–H groups in total. The van der Waals surface area contributed by atoms with E-state index in [-0.39, 0.29) is 17.9 Å². The lowest BCUT2D eigenvalue weighted by molar-refractivity contribution is -0.137. The highest BCUT2D eigenvalue weighted by Crippen LogP contribution is 2.38. The Kier molecular flexibility index (Phi) is 6.82. The topological polar surface area (TPSA) is 47.5 Å². The van der Waals surface area contributed by atoms with Crippen LogP contribution in [-0.2, 0) is 6.18 Å². The van der Waals surface area contributed by atoms with Crippen molar-refractivity contribution in [3.05, 3.63) is 36.0 Å². The molecule has 0 unspecified atom stereocenters. The summed E-state index contributed by atoms with van der Waals surface area (Å²) in [5.41, 5.74) is -0.342. The molecule has 3 rings (SSSR count). The van der Waals surface area contributed by atoms with Crippen molar-refractivity contribution in [1.82, 2.24) is 9.97 Å². The van der Waals surface area contributed by atoms with Gasteiger partial charge in [-0.25, -0.2) is 4.98 Å².